The number of aliphatic hydroxyl groups is 1. The molecular formula is C9H18O4S. The number of ether oxygens (including phenoxy) is 1. The third kappa shape index (κ3) is 7.17. The Morgan fingerprint density at radius 2 is 2.21 bits per heavy atom. The van der Waals surface area contributed by atoms with Gasteiger partial charge in [-0.1, -0.05) is 0 Å². The van der Waals surface area contributed by atoms with Crippen molar-refractivity contribution in [3.63, 3.8) is 0 Å². The molecule has 1 atom stereocenters. The molecule has 0 aliphatic carbocycles. The van der Waals surface area contributed by atoms with Crippen molar-refractivity contribution in [2.45, 2.75) is 25.9 Å². The van der Waals surface area contributed by atoms with Crippen LogP contribution in [0.4, 0.5) is 0 Å². The maximum atomic E-state index is 10.6. The Kier molecular flexibility index (Phi) is 9.13. The fourth-order valence-corrected chi connectivity index (χ4v) is 1.86. The van der Waals surface area contributed by atoms with Gasteiger partial charge in [0.15, 0.2) is 6.10 Å². The van der Waals surface area contributed by atoms with Crippen LogP contribution in [-0.2, 0) is 9.53 Å². The third-order valence-electron chi connectivity index (χ3n) is 1.61. The van der Waals surface area contributed by atoms with Crippen LogP contribution in [-0.4, -0.2) is 47.0 Å². The number of rotatable bonds is 9. The van der Waals surface area contributed by atoms with Crippen LogP contribution in [0, 0.1) is 0 Å². The van der Waals surface area contributed by atoms with E-state index in [0.29, 0.717) is 13.0 Å². The molecule has 1 unspecified atom stereocenters. The van der Waals surface area contributed by atoms with Crippen LogP contribution in [0.2, 0.25) is 0 Å². The summed E-state index contributed by atoms with van der Waals surface area (Å²) in [6.45, 7) is 2.41. The van der Waals surface area contributed by atoms with Gasteiger partial charge in [-0.3, -0.25) is 0 Å². The zero-order chi connectivity index (χ0) is 10.8. The molecular weight excluding hydrogens is 204 g/mol. The van der Waals surface area contributed by atoms with E-state index in [2.05, 4.69) is 0 Å². The predicted octanol–water partition coefficient (Wildman–Crippen LogP) is 0.982. The highest BCUT2D eigenvalue weighted by molar-refractivity contribution is 7.99. The number of carboxylic acid groups (broad SMARTS) is 1. The van der Waals surface area contributed by atoms with Gasteiger partial charge in [-0.25, -0.2) is 4.79 Å². The minimum absolute atomic E-state index is 0.195. The molecule has 0 saturated carbocycles. The lowest BCUT2D eigenvalue weighted by Crippen LogP contribution is -2.24. The normalized spacial score (nSPS) is 12.7. The molecule has 0 aromatic heterocycles. The Morgan fingerprint density at radius 3 is 2.71 bits per heavy atom. The van der Waals surface area contributed by atoms with Gasteiger partial charge in [0.05, 0.1) is 0 Å². The maximum absolute atomic E-state index is 10.6. The molecule has 0 radical (unpaired) electrons. The van der Waals surface area contributed by atoms with Crippen molar-refractivity contribution in [3.05, 3.63) is 0 Å². The van der Waals surface area contributed by atoms with Crippen molar-refractivity contribution in [2.75, 3.05) is 24.7 Å². The number of hydrogen-bond acceptors (Lipinski definition) is 4. The number of hydrogen-bond donors (Lipinski definition) is 2. The summed E-state index contributed by atoms with van der Waals surface area (Å²) in [6, 6.07) is 0. The second kappa shape index (κ2) is 9.30. The van der Waals surface area contributed by atoms with Crippen LogP contribution >= 0.6 is 11.8 Å². The van der Waals surface area contributed by atoms with Crippen LogP contribution in [0.3, 0.4) is 0 Å². The molecule has 0 aliphatic rings. The van der Waals surface area contributed by atoms with Gasteiger partial charge < -0.3 is 14.9 Å². The molecule has 0 saturated heterocycles. The summed E-state index contributed by atoms with van der Waals surface area (Å²) in [6.07, 6.45) is 0.609. The first-order chi connectivity index (χ1) is 6.72. The fourth-order valence-electron chi connectivity index (χ4n) is 0.938. The number of aliphatic hydroxyl groups excluding tert-OH is 1. The first-order valence-corrected chi connectivity index (χ1v) is 5.90. The van der Waals surface area contributed by atoms with Crippen LogP contribution in [0.5, 0.6) is 0 Å². The summed E-state index contributed by atoms with van der Waals surface area (Å²) in [4.78, 5) is 10.6. The van der Waals surface area contributed by atoms with E-state index < -0.39 is 12.1 Å². The van der Waals surface area contributed by atoms with E-state index in [4.69, 9.17) is 14.9 Å². The van der Waals surface area contributed by atoms with Crippen molar-refractivity contribution in [1.29, 1.82) is 0 Å². The Balaban J connectivity index is 3.46. The van der Waals surface area contributed by atoms with Gasteiger partial charge in [0, 0.05) is 13.2 Å². The molecule has 0 aliphatic heterocycles. The van der Waals surface area contributed by atoms with Crippen molar-refractivity contribution in [3.8, 4) is 0 Å². The largest absolute Gasteiger partial charge is 0.479 e. The Morgan fingerprint density at radius 1 is 1.50 bits per heavy atom. The smallest absolute Gasteiger partial charge is 0.332 e. The summed E-state index contributed by atoms with van der Waals surface area (Å²) in [7, 11) is 0. The van der Waals surface area contributed by atoms with Crippen molar-refractivity contribution in [1.82, 2.24) is 0 Å². The van der Waals surface area contributed by atoms with Gasteiger partial charge in [-0.2, -0.15) is 11.8 Å². The second-order valence-corrected chi connectivity index (χ2v) is 3.99. The summed E-state index contributed by atoms with van der Waals surface area (Å²) < 4.78 is 5.05. The first kappa shape index (κ1) is 13.7. The summed E-state index contributed by atoms with van der Waals surface area (Å²) >= 11 is 1.65. The molecule has 5 heteroatoms. The second-order valence-electron chi connectivity index (χ2n) is 2.76. The fraction of sp³-hybridized carbons (Fsp3) is 0.889. The topological polar surface area (TPSA) is 66.8 Å². The standard InChI is InChI=1S/C9H18O4S/c1-2-13-8(9(11)12)4-7-14-6-3-5-10/h8,10H,2-7H2,1H3,(H,11,12). The number of aliphatic carboxylic acids is 1. The lowest BCUT2D eigenvalue weighted by molar-refractivity contribution is -0.150. The van der Waals surface area contributed by atoms with Gasteiger partial charge in [0.25, 0.3) is 0 Å². The molecule has 0 aromatic carbocycles. The monoisotopic (exact) mass is 222 g/mol. The van der Waals surface area contributed by atoms with Gasteiger partial charge in [-0.15, -0.1) is 0 Å². The van der Waals surface area contributed by atoms with E-state index in [0.717, 1.165) is 17.9 Å². The zero-order valence-corrected chi connectivity index (χ0v) is 9.26. The van der Waals surface area contributed by atoms with E-state index in [-0.39, 0.29) is 6.61 Å². The van der Waals surface area contributed by atoms with E-state index in [1.54, 1.807) is 18.7 Å². The van der Waals surface area contributed by atoms with Crippen molar-refractivity contribution < 1.29 is 19.7 Å². The summed E-state index contributed by atoms with van der Waals surface area (Å²) in [5.41, 5.74) is 0. The molecule has 0 heterocycles. The van der Waals surface area contributed by atoms with Gasteiger partial charge >= 0.3 is 5.97 Å². The molecule has 0 spiro atoms. The number of thioether (sulfide) groups is 1. The summed E-state index contributed by atoms with van der Waals surface area (Å²) in [5, 5.41) is 17.2. The Labute approximate surface area is 88.6 Å². The predicted molar refractivity (Wildman–Crippen MR) is 56.7 cm³/mol. The average Bonchev–Trinajstić information content (AvgIpc) is 2.15. The first-order valence-electron chi connectivity index (χ1n) is 4.75. The lowest BCUT2D eigenvalue weighted by atomic mass is 10.3. The number of carboxylic acids is 1. The minimum atomic E-state index is -0.894. The number of carbonyl (C=O) groups is 1. The summed E-state index contributed by atoms with van der Waals surface area (Å²) in [5.74, 6) is 0.737. The van der Waals surface area contributed by atoms with E-state index in [1.807, 2.05) is 0 Å². The van der Waals surface area contributed by atoms with Crippen LogP contribution in [0.15, 0.2) is 0 Å². The van der Waals surface area contributed by atoms with E-state index in [9.17, 15) is 4.79 Å². The highest BCUT2D eigenvalue weighted by Gasteiger charge is 2.16. The van der Waals surface area contributed by atoms with E-state index in [1.165, 1.54) is 0 Å². The van der Waals surface area contributed by atoms with Crippen molar-refractivity contribution >= 4 is 17.7 Å². The zero-order valence-electron chi connectivity index (χ0n) is 8.44. The Bertz CT molecular complexity index is 152. The lowest BCUT2D eigenvalue weighted by Gasteiger charge is -2.11. The molecule has 4 nitrogen and oxygen atoms in total. The molecule has 0 aromatic rings. The van der Waals surface area contributed by atoms with Crippen LogP contribution in [0.1, 0.15) is 19.8 Å². The van der Waals surface area contributed by atoms with Crippen LogP contribution < -0.4 is 0 Å². The molecule has 0 amide bonds. The van der Waals surface area contributed by atoms with Gasteiger partial charge in [-0.05, 0) is 31.3 Å². The molecule has 14 heavy (non-hydrogen) atoms. The van der Waals surface area contributed by atoms with Crippen molar-refractivity contribution in [2.24, 2.45) is 0 Å². The Hall–Kier alpha value is -0.260. The molecule has 2 N–H and O–H groups in total. The van der Waals surface area contributed by atoms with Gasteiger partial charge in [0.2, 0.25) is 0 Å². The third-order valence-corrected chi connectivity index (χ3v) is 2.72. The quantitative estimate of drug-likeness (QED) is 0.569. The molecule has 0 bridgehead atoms. The molecule has 0 rings (SSSR count). The van der Waals surface area contributed by atoms with Gasteiger partial charge in [0.1, 0.15) is 0 Å². The SMILES string of the molecule is CCOC(CCSCCCO)C(=O)O. The molecule has 0 fully saturated rings. The average molecular weight is 222 g/mol. The highest BCUT2D eigenvalue weighted by Crippen LogP contribution is 2.08. The van der Waals surface area contributed by atoms with E-state index >= 15 is 0 Å². The highest BCUT2D eigenvalue weighted by atomic mass is 32.2. The van der Waals surface area contributed by atoms with Crippen LogP contribution in [0.25, 0.3) is 0 Å². The molecule has 84 valence electrons. The maximum Gasteiger partial charge on any atom is 0.332 e. The minimum Gasteiger partial charge on any atom is -0.479 e.